The molecule has 18 heavy (non-hydrogen) atoms. The van der Waals surface area contributed by atoms with Gasteiger partial charge in [-0.1, -0.05) is 24.3 Å². The number of hydrogen-bond acceptors (Lipinski definition) is 3. The maximum absolute atomic E-state index is 11.5. The van der Waals surface area contributed by atoms with Crippen molar-refractivity contribution in [1.82, 2.24) is 5.32 Å². The van der Waals surface area contributed by atoms with E-state index in [9.17, 15) is 4.79 Å². The Labute approximate surface area is 107 Å². The Balaban J connectivity index is 2.31. The molecule has 0 aromatic heterocycles. The molecule has 1 aliphatic rings. The third-order valence-corrected chi connectivity index (χ3v) is 3.20. The van der Waals surface area contributed by atoms with Gasteiger partial charge in [0.05, 0.1) is 12.7 Å². The number of rotatable bonds is 4. The molecule has 0 bridgehead atoms. The van der Waals surface area contributed by atoms with E-state index in [1.165, 1.54) is 0 Å². The van der Waals surface area contributed by atoms with Crippen LogP contribution in [-0.2, 0) is 4.74 Å². The average Bonchev–Trinajstić information content (AvgIpc) is 2.41. The Morgan fingerprint density at radius 1 is 1.56 bits per heavy atom. The Morgan fingerprint density at radius 3 is 2.94 bits per heavy atom. The SMILES string of the molecule is C=CC(c1ccccc1C(N)=O)C1CNCCO1. The molecular weight excluding hydrogens is 228 g/mol. The summed E-state index contributed by atoms with van der Waals surface area (Å²) < 4.78 is 5.73. The van der Waals surface area contributed by atoms with Crippen molar-refractivity contribution in [3.05, 3.63) is 48.0 Å². The molecule has 0 spiro atoms. The molecule has 1 saturated heterocycles. The summed E-state index contributed by atoms with van der Waals surface area (Å²) in [5, 5.41) is 3.28. The van der Waals surface area contributed by atoms with Gasteiger partial charge in [0.1, 0.15) is 0 Å². The minimum atomic E-state index is -0.416. The molecule has 0 radical (unpaired) electrons. The molecule has 0 aliphatic carbocycles. The zero-order valence-electron chi connectivity index (χ0n) is 10.3. The summed E-state index contributed by atoms with van der Waals surface area (Å²) in [6.07, 6.45) is 1.82. The lowest BCUT2D eigenvalue weighted by Gasteiger charge is -2.30. The number of ether oxygens (including phenoxy) is 1. The quantitative estimate of drug-likeness (QED) is 0.780. The van der Waals surface area contributed by atoms with Crippen molar-refractivity contribution in [2.75, 3.05) is 19.7 Å². The third kappa shape index (κ3) is 2.60. The van der Waals surface area contributed by atoms with Gasteiger partial charge in [-0.05, 0) is 11.6 Å². The van der Waals surface area contributed by atoms with Gasteiger partial charge in [-0.2, -0.15) is 0 Å². The topological polar surface area (TPSA) is 64.4 Å². The number of hydrogen-bond donors (Lipinski definition) is 2. The van der Waals surface area contributed by atoms with E-state index in [1.807, 2.05) is 24.3 Å². The monoisotopic (exact) mass is 246 g/mol. The average molecular weight is 246 g/mol. The molecule has 96 valence electrons. The van der Waals surface area contributed by atoms with Crippen LogP contribution in [0, 0.1) is 0 Å². The van der Waals surface area contributed by atoms with E-state index in [4.69, 9.17) is 10.5 Å². The van der Waals surface area contributed by atoms with Crippen LogP contribution in [0.4, 0.5) is 0 Å². The number of amides is 1. The number of morpholine rings is 1. The first-order valence-electron chi connectivity index (χ1n) is 6.07. The van der Waals surface area contributed by atoms with Crippen LogP contribution in [0.25, 0.3) is 0 Å². The first-order valence-corrected chi connectivity index (χ1v) is 6.07. The summed E-state index contributed by atoms with van der Waals surface area (Å²) >= 11 is 0. The number of nitrogens with one attached hydrogen (secondary N) is 1. The van der Waals surface area contributed by atoms with Crippen LogP contribution >= 0.6 is 0 Å². The summed E-state index contributed by atoms with van der Waals surface area (Å²) in [4.78, 5) is 11.5. The Morgan fingerprint density at radius 2 is 2.33 bits per heavy atom. The van der Waals surface area contributed by atoms with Gasteiger partial charge in [0.25, 0.3) is 0 Å². The van der Waals surface area contributed by atoms with E-state index >= 15 is 0 Å². The van der Waals surface area contributed by atoms with E-state index in [2.05, 4.69) is 11.9 Å². The highest BCUT2D eigenvalue weighted by Crippen LogP contribution is 2.26. The molecule has 3 N–H and O–H groups in total. The highest BCUT2D eigenvalue weighted by Gasteiger charge is 2.26. The van der Waals surface area contributed by atoms with Crippen LogP contribution in [0.2, 0.25) is 0 Å². The van der Waals surface area contributed by atoms with E-state index < -0.39 is 5.91 Å². The van der Waals surface area contributed by atoms with Crippen LogP contribution in [0.15, 0.2) is 36.9 Å². The highest BCUT2D eigenvalue weighted by atomic mass is 16.5. The number of primary amides is 1. The highest BCUT2D eigenvalue weighted by molar-refractivity contribution is 5.94. The van der Waals surface area contributed by atoms with Crippen molar-refractivity contribution in [3.63, 3.8) is 0 Å². The van der Waals surface area contributed by atoms with Crippen LogP contribution in [0.1, 0.15) is 21.8 Å². The van der Waals surface area contributed by atoms with Gasteiger partial charge in [-0.3, -0.25) is 4.79 Å². The first kappa shape index (κ1) is 12.8. The maximum atomic E-state index is 11.5. The minimum Gasteiger partial charge on any atom is -0.375 e. The largest absolute Gasteiger partial charge is 0.375 e. The first-order chi connectivity index (χ1) is 8.74. The minimum absolute atomic E-state index is 0.00301. The third-order valence-electron chi connectivity index (χ3n) is 3.20. The van der Waals surface area contributed by atoms with Gasteiger partial charge in [0.2, 0.25) is 5.91 Å². The summed E-state index contributed by atoms with van der Waals surface area (Å²) in [5.74, 6) is -0.442. The van der Waals surface area contributed by atoms with Crippen molar-refractivity contribution >= 4 is 5.91 Å². The summed E-state index contributed by atoms with van der Waals surface area (Å²) in [6.45, 7) is 6.14. The Kier molecular flexibility index (Phi) is 4.12. The molecule has 0 saturated carbocycles. The van der Waals surface area contributed by atoms with Crippen LogP contribution in [0.3, 0.4) is 0 Å². The zero-order chi connectivity index (χ0) is 13.0. The molecule has 1 fully saturated rings. The molecule has 1 heterocycles. The number of benzene rings is 1. The molecule has 2 unspecified atom stereocenters. The normalized spacial score (nSPS) is 21.2. The second-order valence-electron chi connectivity index (χ2n) is 4.33. The van der Waals surface area contributed by atoms with Gasteiger partial charge >= 0.3 is 0 Å². The van der Waals surface area contributed by atoms with Crippen molar-refractivity contribution in [1.29, 1.82) is 0 Å². The predicted octanol–water partition coefficient (Wildman–Crippen LogP) is 1.04. The number of nitrogens with two attached hydrogens (primary N) is 1. The van der Waals surface area contributed by atoms with E-state index in [0.29, 0.717) is 12.2 Å². The second-order valence-corrected chi connectivity index (χ2v) is 4.33. The summed E-state index contributed by atoms with van der Waals surface area (Å²) in [5.41, 5.74) is 6.83. The second kappa shape index (κ2) is 5.80. The van der Waals surface area contributed by atoms with Crippen molar-refractivity contribution in [2.45, 2.75) is 12.0 Å². The molecule has 1 aromatic carbocycles. The van der Waals surface area contributed by atoms with Crippen LogP contribution < -0.4 is 11.1 Å². The lowest BCUT2D eigenvalue weighted by molar-refractivity contribution is 0.0200. The standard InChI is InChI=1S/C14H18N2O2/c1-2-10(13-9-16-7-8-18-13)11-5-3-4-6-12(11)14(15)17/h2-6,10,13,16H,1,7-9H2,(H2,15,17). The number of carbonyl (C=O) groups is 1. The zero-order valence-corrected chi connectivity index (χ0v) is 10.3. The molecule has 4 heteroatoms. The summed E-state index contributed by atoms with van der Waals surface area (Å²) in [7, 11) is 0. The molecule has 1 amide bonds. The lowest BCUT2D eigenvalue weighted by atomic mass is 9.89. The Bertz CT molecular complexity index is 439. The molecule has 1 aromatic rings. The van der Waals surface area contributed by atoms with Crippen LogP contribution in [-0.4, -0.2) is 31.7 Å². The predicted molar refractivity (Wildman–Crippen MR) is 70.5 cm³/mol. The van der Waals surface area contributed by atoms with Gasteiger partial charge in [-0.15, -0.1) is 6.58 Å². The lowest BCUT2D eigenvalue weighted by Crippen LogP contribution is -2.41. The van der Waals surface area contributed by atoms with Gasteiger partial charge < -0.3 is 15.8 Å². The molecule has 1 aliphatic heterocycles. The Hall–Kier alpha value is -1.65. The fourth-order valence-electron chi connectivity index (χ4n) is 2.31. The van der Waals surface area contributed by atoms with Crippen molar-refractivity contribution in [3.8, 4) is 0 Å². The maximum Gasteiger partial charge on any atom is 0.249 e. The summed E-state index contributed by atoms with van der Waals surface area (Å²) in [6, 6.07) is 7.35. The van der Waals surface area contributed by atoms with E-state index in [0.717, 1.165) is 18.7 Å². The fraction of sp³-hybridized carbons (Fsp3) is 0.357. The smallest absolute Gasteiger partial charge is 0.249 e. The van der Waals surface area contributed by atoms with Crippen molar-refractivity contribution < 1.29 is 9.53 Å². The number of carbonyl (C=O) groups excluding carboxylic acids is 1. The molecule has 2 rings (SSSR count). The van der Waals surface area contributed by atoms with E-state index in [1.54, 1.807) is 6.07 Å². The van der Waals surface area contributed by atoms with Gasteiger partial charge in [0.15, 0.2) is 0 Å². The van der Waals surface area contributed by atoms with Crippen molar-refractivity contribution in [2.24, 2.45) is 5.73 Å². The van der Waals surface area contributed by atoms with Gasteiger partial charge in [0, 0.05) is 24.6 Å². The fourth-order valence-corrected chi connectivity index (χ4v) is 2.31. The van der Waals surface area contributed by atoms with Crippen LogP contribution in [0.5, 0.6) is 0 Å². The molecular formula is C14H18N2O2. The molecule has 2 atom stereocenters. The molecule has 4 nitrogen and oxygen atoms in total. The van der Waals surface area contributed by atoms with Gasteiger partial charge in [-0.25, -0.2) is 0 Å². The van der Waals surface area contributed by atoms with E-state index in [-0.39, 0.29) is 12.0 Å².